The molecule has 1 spiro atoms. The molecule has 3 aliphatic rings. The molecule has 24 heavy (non-hydrogen) atoms. The third-order valence-electron chi connectivity index (χ3n) is 5.43. The topological polar surface area (TPSA) is 50.8 Å². The van der Waals surface area contributed by atoms with Crippen LogP contribution in [0.25, 0.3) is 0 Å². The van der Waals surface area contributed by atoms with Gasteiger partial charge in [-0.25, -0.2) is 9.18 Å². The van der Waals surface area contributed by atoms with Crippen LogP contribution in [-0.2, 0) is 15.1 Å². The number of piperidine rings is 1. The number of carbonyl (C=O) groups excluding carboxylic acids is 1. The van der Waals surface area contributed by atoms with Gasteiger partial charge in [0.15, 0.2) is 0 Å². The number of anilines is 1. The van der Waals surface area contributed by atoms with E-state index >= 15 is 0 Å². The molecule has 1 N–H and O–H groups in total. The Morgan fingerprint density at radius 1 is 1.33 bits per heavy atom. The van der Waals surface area contributed by atoms with E-state index in [1.165, 1.54) is 18.6 Å². The monoisotopic (exact) mass is 334 g/mol. The zero-order valence-electron chi connectivity index (χ0n) is 13.7. The number of carbonyl (C=O) groups is 1. The second kappa shape index (κ2) is 6.33. The van der Waals surface area contributed by atoms with Crippen LogP contribution in [0.4, 0.5) is 14.9 Å². The quantitative estimate of drug-likeness (QED) is 0.903. The number of amides is 1. The van der Waals surface area contributed by atoms with Gasteiger partial charge in [0.25, 0.3) is 0 Å². The summed E-state index contributed by atoms with van der Waals surface area (Å²) in [5.74, 6) is 0.294. The lowest BCUT2D eigenvalue weighted by molar-refractivity contribution is -0.0455. The van der Waals surface area contributed by atoms with E-state index in [1.807, 2.05) is 0 Å². The Hall–Kier alpha value is -1.66. The average Bonchev–Trinajstić information content (AvgIpc) is 2.59. The van der Waals surface area contributed by atoms with Gasteiger partial charge in [0, 0.05) is 44.6 Å². The summed E-state index contributed by atoms with van der Waals surface area (Å²) in [4.78, 5) is 14.3. The molecule has 4 rings (SSSR count). The van der Waals surface area contributed by atoms with Crippen LogP contribution in [0.1, 0.15) is 31.2 Å². The Bertz CT molecular complexity index is 623. The number of halogens is 1. The SMILES string of the molecule is O=C1Nc2ccc(F)cc2C2(CCN(CC3CCCOC3)CC2)O1. The number of hydrogen-bond acceptors (Lipinski definition) is 4. The molecule has 6 heteroatoms. The summed E-state index contributed by atoms with van der Waals surface area (Å²) >= 11 is 0. The first-order valence-corrected chi connectivity index (χ1v) is 8.75. The maximum Gasteiger partial charge on any atom is 0.412 e. The summed E-state index contributed by atoms with van der Waals surface area (Å²) in [6.45, 7) is 4.44. The lowest BCUT2D eigenvalue weighted by Gasteiger charge is -2.45. The maximum absolute atomic E-state index is 13.7. The molecule has 2 fully saturated rings. The van der Waals surface area contributed by atoms with E-state index < -0.39 is 11.7 Å². The van der Waals surface area contributed by atoms with Crippen LogP contribution in [0.5, 0.6) is 0 Å². The molecule has 0 bridgehead atoms. The summed E-state index contributed by atoms with van der Waals surface area (Å²) in [6.07, 6.45) is 3.31. The zero-order chi connectivity index (χ0) is 16.6. The molecule has 0 radical (unpaired) electrons. The van der Waals surface area contributed by atoms with Gasteiger partial charge in [0.05, 0.1) is 12.3 Å². The van der Waals surface area contributed by atoms with Gasteiger partial charge in [-0.3, -0.25) is 5.32 Å². The standard InChI is InChI=1S/C18H23FN2O3/c19-14-3-4-16-15(10-14)18(24-17(22)20-16)5-7-21(8-6-18)11-13-2-1-9-23-12-13/h3-4,10,13H,1-2,5-9,11-12H2,(H,20,22). The van der Waals surface area contributed by atoms with E-state index in [4.69, 9.17) is 9.47 Å². The van der Waals surface area contributed by atoms with E-state index in [1.54, 1.807) is 6.07 Å². The largest absolute Gasteiger partial charge is 0.438 e. The fourth-order valence-corrected chi connectivity index (χ4v) is 4.16. The van der Waals surface area contributed by atoms with Gasteiger partial charge in [-0.1, -0.05) is 0 Å². The molecule has 3 heterocycles. The minimum atomic E-state index is -0.695. The summed E-state index contributed by atoms with van der Waals surface area (Å²) in [5, 5.41) is 2.68. The number of fused-ring (bicyclic) bond motifs is 2. The molecule has 130 valence electrons. The number of nitrogens with one attached hydrogen (secondary N) is 1. The van der Waals surface area contributed by atoms with E-state index in [0.717, 1.165) is 44.8 Å². The van der Waals surface area contributed by atoms with Crippen LogP contribution in [0.2, 0.25) is 0 Å². The summed E-state index contributed by atoms with van der Waals surface area (Å²) in [7, 11) is 0. The highest BCUT2D eigenvalue weighted by Gasteiger charge is 2.44. The third kappa shape index (κ3) is 3.00. The van der Waals surface area contributed by atoms with Crippen molar-refractivity contribution in [1.29, 1.82) is 0 Å². The first-order chi connectivity index (χ1) is 11.6. The van der Waals surface area contributed by atoms with Crippen molar-refractivity contribution in [3.8, 4) is 0 Å². The highest BCUT2D eigenvalue weighted by atomic mass is 19.1. The molecule has 1 aromatic carbocycles. The molecule has 1 atom stereocenters. The van der Waals surface area contributed by atoms with Crippen molar-refractivity contribution in [2.45, 2.75) is 31.3 Å². The Morgan fingerprint density at radius 3 is 2.92 bits per heavy atom. The van der Waals surface area contributed by atoms with Crippen molar-refractivity contribution in [2.24, 2.45) is 5.92 Å². The summed E-state index contributed by atoms with van der Waals surface area (Å²) in [6, 6.07) is 4.49. The molecule has 0 saturated carbocycles. The Kier molecular flexibility index (Phi) is 4.18. The highest BCUT2D eigenvalue weighted by Crippen LogP contribution is 2.43. The van der Waals surface area contributed by atoms with Gasteiger partial charge in [-0.15, -0.1) is 0 Å². The molecule has 5 nitrogen and oxygen atoms in total. The predicted octanol–water partition coefficient (Wildman–Crippen LogP) is 3.11. The van der Waals surface area contributed by atoms with Gasteiger partial charge in [0.1, 0.15) is 11.4 Å². The molecule has 3 aliphatic heterocycles. The minimum Gasteiger partial charge on any atom is -0.438 e. The number of rotatable bonds is 2. The molecule has 2 saturated heterocycles. The van der Waals surface area contributed by atoms with E-state index in [-0.39, 0.29) is 5.82 Å². The van der Waals surface area contributed by atoms with Crippen LogP contribution in [-0.4, -0.2) is 43.8 Å². The first kappa shape index (κ1) is 15.8. The Morgan fingerprint density at radius 2 is 2.17 bits per heavy atom. The first-order valence-electron chi connectivity index (χ1n) is 8.75. The average molecular weight is 334 g/mol. The smallest absolute Gasteiger partial charge is 0.412 e. The summed E-state index contributed by atoms with van der Waals surface area (Å²) < 4.78 is 25.0. The van der Waals surface area contributed by atoms with E-state index in [9.17, 15) is 9.18 Å². The fourth-order valence-electron chi connectivity index (χ4n) is 4.16. The molecular formula is C18H23FN2O3. The van der Waals surface area contributed by atoms with Crippen molar-refractivity contribution in [3.05, 3.63) is 29.6 Å². The second-order valence-corrected chi connectivity index (χ2v) is 7.08. The maximum atomic E-state index is 13.7. The van der Waals surface area contributed by atoms with Gasteiger partial charge in [-0.05, 0) is 37.0 Å². The summed E-state index contributed by atoms with van der Waals surface area (Å²) in [5.41, 5.74) is 0.740. The van der Waals surface area contributed by atoms with Crippen molar-refractivity contribution in [1.82, 2.24) is 4.90 Å². The fraction of sp³-hybridized carbons (Fsp3) is 0.611. The van der Waals surface area contributed by atoms with E-state index in [0.29, 0.717) is 24.4 Å². The molecule has 1 unspecified atom stereocenters. The number of likely N-dealkylation sites (tertiary alicyclic amines) is 1. The number of nitrogens with zero attached hydrogens (tertiary/aromatic N) is 1. The lowest BCUT2D eigenvalue weighted by Crippen LogP contribution is -2.49. The van der Waals surface area contributed by atoms with Gasteiger partial charge in [-0.2, -0.15) is 0 Å². The molecule has 1 aromatic rings. The van der Waals surface area contributed by atoms with Gasteiger partial charge in [0.2, 0.25) is 0 Å². The number of benzene rings is 1. The zero-order valence-corrected chi connectivity index (χ0v) is 13.7. The predicted molar refractivity (Wildman–Crippen MR) is 87.4 cm³/mol. The van der Waals surface area contributed by atoms with Crippen LogP contribution in [0.15, 0.2) is 18.2 Å². The van der Waals surface area contributed by atoms with Crippen molar-refractivity contribution in [3.63, 3.8) is 0 Å². The van der Waals surface area contributed by atoms with Gasteiger partial charge < -0.3 is 14.4 Å². The van der Waals surface area contributed by atoms with Crippen LogP contribution >= 0.6 is 0 Å². The lowest BCUT2D eigenvalue weighted by atomic mass is 9.82. The minimum absolute atomic E-state index is 0.297. The Labute approximate surface area is 141 Å². The molecule has 1 amide bonds. The van der Waals surface area contributed by atoms with Crippen LogP contribution in [0.3, 0.4) is 0 Å². The van der Waals surface area contributed by atoms with E-state index in [2.05, 4.69) is 10.2 Å². The molecular weight excluding hydrogens is 311 g/mol. The van der Waals surface area contributed by atoms with Crippen molar-refractivity contribution >= 4 is 11.8 Å². The number of ether oxygens (including phenoxy) is 2. The highest BCUT2D eigenvalue weighted by molar-refractivity contribution is 5.88. The second-order valence-electron chi connectivity index (χ2n) is 7.08. The normalized spacial score (nSPS) is 26.5. The van der Waals surface area contributed by atoms with Crippen LogP contribution < -0.4 is 5.32 Å². The Balaban J connectivity index is 1.48. The molecule has 0 aliphatic carbocycles. The third-order valence-corrected chi connectivity index (χ3v) is 5.43. The van der Waals surface area contributed by atoms with Crippen molar-refractivity contribution < 1.29 is 18.7 Å². The van der Waals surface area contributed by atoms with Crippen LogP contribution in [0, 0.1) is 11.7 Å². The molecule has 0 aromatic heterocycles. The number of hydrogen-bond donors (Lipinski definition) is 1. The van der Waals surface area contributed by atoms with Gasteiger partial charge >= 0.3 is 6.09 Å². The van der Waals surface area contributed by atoms with Crippen molar-refractivity contribution in [2.75, 3.05) is 38.2 Å².